The van der Waals surface area contributed by atoms with Crippen LogP contribution in [0.3, 0.4) is 0 Å². The zero-order valence-electron chi connectivity index (χ0n) is 15.9. The number of carbonyl (C=O) groups is 2. The highest BCUT2D eigenvalue weighted by Gasteiger charge is 2.21. The molecule has 0 bridgehead atoms. The van der Waals surface area contributed by atoms with Crippen LogP contribution in [-0.2, 0) is 16.1 Å². The van der Waals surface area contributed by atoms with Gasteiger partial charge in [-0.1, -0.05) is 32.9 Å². The van der Waals surface area contributed by atoms with Gasteiger partial charge in [0, 0.05) is 23.4 Å². The molecule has 0 unspecified atom stereocenters. The third-order valence-corrected chi connectivity index (χ3v) is 4.01. The van der Waals surface area contributed by atoms with E-state index in [1.807, 2.05) is 0 Å². The van der Waals surface area contributed by atoms with Crippen molar-refractivity contribution < 1.29 is 14.3 Å². The lowest BCUT2D eigenvalue weighted by molar-refractivity contribution is -0.123. The van der Waals surface area contributed by atoms with Crippen molar-refractivity contribution >= 4 is 23.2 Å². The SMILES string of the molecule is CC(C)(C)C(=O)Nc1cccc(C(=O)OCc2cc(=O)n3ccccc3n2)c1. The number of ether oxygens (including phenoxy) is 1. The number of anilines is 1. The molecule has 3 aromatic rings. The van der Waals surface area contributed by atoms with Crippen molar-refractivity contribution in [2.24, 2.45) is 5.41 Å². The first-order valence-corrected chi connectivity index (χ1v) is 8.80. The maximum absolute atomic E-state index is 12.4. The number of nitrogens with zero attached hydrogens (tertiary/aromatic N) is 2. The van der Waals surface area contributed by atoms with Crippen LogP contribution in [0.4, 0.5) is 5.69 Å². The zero-order valence-corrected chi connectivity index (χ0v) is 15.9. The number of benzene rings is 1. The van der Waals surface area contributed by atoms with E-state index in [1.54, 1.807) is 69.4 Å². The van der Waals surface area contributed by atoms with Crippen molar-refractivity contribution in [3.05, 3.63) is 76.3 Å². The highest BCUT2D eigenvalue weighted by Crippen LogP contribution is 2.18. The number of nitrogens with one attached hydrogen (secondary N) is 1. The van der Waals surface area contributed by atoms with E-state index in [0.717, 1.165) is 0 Å². The van der Waals surface area contributed by atoms with Gasteiger partial charge >= 0.3 is 5.97 Å². The molecule has 0 aliphatic carbocycles. The monoisotopic (exact) mass is 379 g/mol. The highest BCUT2D eigenvalue weighted by molar-refractivity contribution is 5.96. The summed E-state index contributed by atoms with van der Waals surface area (Å²) in [6.45, 7) is 5.29. The summed E-state index contributed by atoms with van der Waals surface area (Å²) in [5.74, 6) is -0.722. The van der Waals surface area contributed by atoms with Gasteiger partial charge in [-0.3, -0.25) is 14.0 Å². The quantitative estimate of drug-likeness (QED) is 0.704. The van der Waals surface area contributed by atoms with Crippen LogP contribution in [0.2, 0.25) is 0 Å². The van der Waals surface area contributed by atoms with Crippen LogP contribution in [0.25, 0.3) is 5.65 Å². The van der Waals surface area contributed by atoms with Crippen LogP contribution in [-0.4, -0.2) is 21.3 Å². The number of aromatic nitrogens is 2. The van der Waals surface area contributed by atoms with Gasteiger partial charge in [0.25, 0.3) is 5.56 Å². The van der Waals surface area contributed by atoms with Gasteiger partial charge in [-0.2, -0.15) is 0 Å². The largest absolute Gasteiger partial charge is 0.456 e. The molecular weight excluding hydrogens is 358 g/mol. The third-order valence-electron chi connectivity index (χ3n) is 4.01. The number of amides is 1. The Balaban J connectivity index is 1.71. The molecule has 28 heavy (non-hydrogen) atoms. The lowest BCUT2D eigenvalue weighted by Gasteiger charge is -2.17. The average Bonchev–Trinajstić information content (AvgIpc) is 2.65. The number of esters is 1. The summed E-state index contributed by atoms with van der Waals surface area (Å²) in [4.78, 5) is 40.9. The molecule has 1 N–H and O–H groups in total. The molecule has 0 fully saturated rings. The van der Waals surface area contributed by atoms with E-state index in [2.05, 4.69) is 10.3 Å². The van der Waals surface area contributed by atoms with E-state index in [9.17, 15) is 14.4 Å². The minimum absolute atomic E-state index is 0.127. The smallest absolute Gasteiger partial charge is 0.338 e. The van der Waals surface area contributed by atoms with Crippen LogP contribution < -0.4 is 10.9 Å². The second kappa shape index (κ2) is 7.64. The topological polar surface area (TPSA) is 89.8 Å². The lowest BCUT2D eigenvalue weighted by Crippen LogP contribution is -2.27. The summed E-state index contributed by atoms with van der Waals surface area (Å²) in [5, 5.41) is 2.78. The maximum Gasteiger partial charge on any atom is 0.338 e. The Bertz CT molecular complexity index is 1100. The fourth-order valence-corrected chi connectivity index (χ4v) is 2.44. The van der Waals surface area contributed by atoms with E-state index in [1.165, 1.54) is 10.5 Å². The molecule has 0 saturated heterocycles. The molecule has 144 valence electrons. The van der Waals surface area contributed by atoms with Crippen LogP contribution in [0.15, 0.2) is 59.5 Å². The molecule has 2 aromatic heterocycles. The molecule has 3 rings (SSSR count). The highest BCUT2D eigenvalue weighted by atomic mass is 16.5. The Kier molecular flexibility index (Phi) is 5.26. The lowest BCUT2D eigenvalue weighted by atomic mass is 9.95. The number of hydrogen-bond donors (Lipinski definition) is 1. The average molecular weight is 379 g/mol. The Morgan fingerprint density at radius 3 is 2.64 bits per heavy atom. The van der Waals surface area contributed by atoms with Crippen molar-refractivity contribution in [2.75, 3.05) is 5.32 Å². The summed E-state index contributed by atoms with van der Waals surface area (Å²) < 4.78 is 6.69. The molecule has 1 amide bonds. The van der Waals surface area contributed by atoms with E-state index >= 15 is 0 Å². The minimum Gasteiger partial charge on any atom is -0.456 e. The van der Waals surface area contributed by atoms with Crippen molar-refractivity contribution in [1.29, 1.82) is 0 Å². The predicted molar refractivity (Wildman–Crippen MR) is 105 cm³/mol. The number of carbonyl (C=O) groups excluding carboxylic acids is 2. The van der Waals surface area contributed by atoms with E-state index in [0.29, 0.717) is 22.6 Å². The number of fused-ring (bicyclic) bond motifs is 1. The molecular formula is C21H21N3O4. The molecule has 0 atom stereocenters. The first kappa shape index (κ1) is 19.3. The van der Waals surface area contributed by atoms with Crippen molar-refractivity contribution in [3.8, 4) is 0 Å². The standard InChI is InChI=1S/C21H21N3O4/c1-21(2,3)20(27)23-15-8-6-7-14(11-15)19(26)28-13-16-12-18(25)24-10-5-4-9-17(24)22-16/h4-12H,13H2,1-3H3,(H,23,27). The minimum atomic E-state index is -0.568. The fourth-order valence-electron chi connectivity index (χ4n) is 2.44. The summed E-state index contributed by atoms with van der Waals surface area (Å²) in [6, 6.07) is 13.1. The molecule has 0 aliphatic rings. The first-order valence-electron chi connectivity index (χ1n) is 8.80. The van der Waals surface area contributed by atoms with Crippen molar-refractivity contribution in [1.82, 2.24) is 9.38 Å². The van der Waals surface area contributed by atoms with Gasteiger partial charge in [0.15, 0.2) is 0 Å². The number of rotatable bonds is 4. The maximum atomic E-state index is 12.4. The second-order valence-electron chi connectivity index (χ2n) is 7.38. The molecule has 0 spiro atoms. The molecule has 0 saturated carbocycles. The van der Waals surface area contributed by atoms with Crippen molar-refractivity contribution in [2.45, 2.75) is 27.4 Å². The van der Waals surface area contributed by atoms with Gasteiger partial charge in [0.05, 0.1) is 11.3 Å². The third kappa shape index (κ3) is 4.43. The number of pyridine rings is 1. The second-order valence-corrected chi connectivity index (χ2v) is 7.38. The van der Waals surface area contributed by atoms with Gasteiger partial charge < -0.3 is 10.1 Å². The fraction of sp³-hybridized carbons (Fsp3) is 0.238. The Morgan fingerprint density at radius 2 is 1.89 bits per heavy atom. The molecule has 0 aliphatic heterocycles. The predicted octanol–water partition coefficient (Wildman–Crippen LogP) is 3.04. The van der Waals surface area contributed by atoms with Crippen molar-refractivity contribution in [3.63, 3.8) is 0 Å². The zero-order chi connectivity index (χ0) is 20.3. The van der Waals surface area contributed by atoms with Gasteiger partial charge in [-0.15, -0.1) is 0 Å². The summed E-state index contributed by atoms with van der Waals surface area (Å²) >= 11 is 0. The van der Waals surface area contributed by atoms with Crippen LogP contribution in [0, 0.1) is 5.41 Å². The Labute approximate surface area is 162 Å². The van der Waals surface area contributed by atoms with E-state index in [-0.39, 0.29) is 18.1 Å². The van der Waals surface area contributed by atoms with Gasteiger partial charge in [0.1, 0.15) is 12.3 Å². The Morgan fingerprint density at radius 1 is 1.11 bits per heavy atom. The van der Waals surface area contributed by atoms with Crippen LogP contribution >= 0.6 is 0 Å². The Hall–Kier alpha value is -3.48. The summed E-state index contributed by atoms with van der Waals surface area (Å²) in [5.41, 5.74) is 0.852. The molecule has 2 heterocycles. The summed E-state index contributed by atoms with van der Waals surface area (Å²) in [7, 11) is 0. The van der Waals surface area contributed by atoms with Crippen LogP contribution in [0.5, 0.6) is 0 Å². The van der Waals surface area contributed by atoms with Gasteiger partial charge in [-0.25, -0.2) is 9.78 Å². The molecule has 1 aromatic carbocycles. The molecule has 7 nitrogen and oxygen atoms in total. The van der Waals surface area contributed by atoms with Crippen LogP contribution in [0.1, 0.15) is 36.8 Å². The summed E-state index contributed by atoms with van der Waals surface area (Å²) in [6.07, 6.45) is 1.62. The first-order chi connectivity index (χ1) is 13.2. The van der Waals surface area contributed by atoms with E-state index < -0.39 is 11.4 Å². The molecule has 0 radical (unpaired) electrons. The van der Waals surface area contributed by atoms with E-state index in [4.69, 9.17) is 4.74 Å². The normalized spacial score (nSPS) is 11.2. The molecule has 7 heteroatoms. The number of hydrogen-bond acceptors (Lipinski definition) is 5. The van der Waals surface area contributed by atoms with Gasteiger partial charge in [-0.05, 0) is 30.3 Å². The van der Waals surface area contributed by atoms with Gasteiger partial charge in [0.2, 0.25) is 5.91 Å².